The van der Waals surface area contributed by atoms with Gasteiger partial charge in [-0.15, -0.1) is 0 Å². The quantitative estimate of drug-likeness (QED) is 0.707. The predicted octanol–water partition coefficient (Wildman–Crippen LogP) is -0.0252. The normalized spacial score (nSPS) is 36.0. The lowest BCUT2D eigenvalue weighted by Gasteiger charge is -2.35. The van der Waals surface area contributed by atoms with Crippen molar-refractivity contribution in [3.63, 3.8) is 0 Å². The molecule has 3 aliphatic rings. The molecule has 116 valence electrons. The number of hydrogen-bond acceptors (Lipinski definition) is 7. The lowest BCUT2D eigenvalue weighted by molar-refractivity contribution is -0.275. The van der Waals surface area contributed by atoms with Crippen LogP contribution in [0.15, 0.2) is 23.5 Å². The molecule has 0 saturated carbocycles. The van der Waals surface area contributed by atoms with Crippen molar-refractivity contribution in [1.29, 1.82) is 0 Å². The molecule has 7 heteroatoms. The molecule has 0 aliphatic carbocycles. The number of rotatable bonds is 3. The summed E-state index contributed by atoms with van der Waals surface area (Å²) in [5.74, 6) is -0.393. The molecule has 0 aromatic heterocycles. The van der Waals surface area contributed by atoms with Crippen molar-refractivity contribution < 1.29 is 34.0 Å². The van der Waals surface area contributed by atoms with Crippen LogP contribution in [0.4, 0.5) is 0 Å². The molecule has 2 N–H and O–H groups in total. The van der Waals surface area contributed by atoms with Gasteiger partial charge < -0.3 is 29.2 Å². The largest absolute Gasteiger partial charge is 0.471 e. The molecule has 3 rings (SSSR count). The highest BCUT2D eigenvalue weighted by molar-refractivity contribution is 5.94. The zero-order chi connectivity index (χ0) is 14.8. The minimum atomic E-state index is -0.637. The summed E-state index contributed by atoms with van der Waals surface area (Å²) in [7, 11) is 0. The summed E-state index contributed by atoms with van der Waals surface area (Å²) in [5.41, 5.74) is 1.25. The summed E-state index contributed by atoms with van der Waals surface area (Å²) in [6.07, 6.45) is 2.07. The van der Waals surface area contributed by atoms with Crippen molar-refractivity contribution in [1.82, 2.24) is 0 Å². The fourth-order valence-electron chi connectivity index (χ4n) is 2.63. The molecular weight excluding hydrogens is 280 g/mol. The first-order valence-electron chi connectivity index (χ1n) is 6.97. The van der Waals surface area contributed by atoms with Gasteiger partial charge in [-0.2, -0.15) is 0 Å². The number of carbonyl (C=O) groups excluding carboxylic acids is 1. The molecule has 3 aliphatic heterocycles. The van der Waals surface area contributed by atoms with E-state index in [4.69, 9.17) is 24.1 Å². The summed E-state index contributed by atoms with van der Waals surface area (Å²) in [6, 6.07) is 0. The monoisotopic (exact) mass is 298 g/mol. The Morgan fingerprint density at radius 2 is 2.19 bits per heavy atom. The third-order valence-corrected chi connectivity index (χ3v) is 3.69. The van der Waals surface area contributed by atoms with E-state index in [9.17, 15) is 9.90 Å². The lowest BCUT2D eigenvalue weighted by Crippen LogP contribution is -2.41. The van der Waals surface area contributed by atoms with Crippen LogP contribution in [0, 0.1) is 0 Å². The Balaban J connectivity index is 1.61. The van der Waals surface area contributed by atoms with Gasteiger partial charge in [0, 0.05) is 19.3 Å². The molecule has 0 amide bonds. The van der Waals surface area contributed by atoms with Gasteiger partial charge in [-0.25, -0.2) is 4.79 Å². The standard InChI is InChI=1S/C14H18O7/c15-6-10-4-9(16)5-13(20-10)21-12-3-8-1-2-18-14(17)11(8)7-19-12/h1,7,9-10,12-13,15-16H,2-6H2. The first-order valence-corrected chi connectivity index (χ1v) is 6.97. The molecule has 21 heavy (non-hydrogen) atoms. The zero-order valence-corrected chi connectivity index (χ0v) is 11.4. The van der Waals surface area contributed by atoms with Gasteiger partial charge in [-0.1, -0.05) is 0 Å². The van der Waals surface area contributed by atoms with Gasteiger partial charge in [-0.3, -0.25) is 0 Å². The Labute approximate surface area is 121 Å². The molecule has 4 unspecified atom stereocenters. The number of ether oxygens (including phenoxy) is 4. The Morgan fingerprint density at radius 1 is 1.33 bits per heavy atom. The first kappa shape index (κ1) is 14.5. The van der Waals surface area contributed by atoms with Crippen LogP contribution >= 0.6 is 0 Å². The van der Waals surface area contributed by atoms with E-state index in [0.717, 1.165) is 5.57 Å². The van der Waals surface area contributed by atoms with Crippen molar-refractivity contribution in [2.45, 2.75) is 44.1 Å². The van der Waals surface area contributed by atoms with E-state index in [1.54, 1.807) is 0 Å². The Bertz CT molecular complexity index is 470. The van der Waals surface area contributed by atoms with E-state index in [1.165, 1.54) is 6.26 Å². The van der Waals surface area contributed by atoms with Gasteiger partial charge in [0.15, 0.2) is 6.29 Å². The molecule has 1 fully saturated rings. The molecule has 0 radical (unpaired) electrons. The van der Waals surface area contributed by atoms with Crippen LogP contribution in [-0.2, 0) is 23.7 Å². The van der Waals surface area contributed by atoms with Crippen LogP contribution < -0.4 is 0 Å². The Morgan fingerprint density at radius 3 is 3.00 bits per heavy atom. The second kappa shape index (κ2) is 6.15. The van der Waals surface area contributed by atoms with Crippen LogP contribution in [0.5, 0.6) is 0 Å². The summed E-state index contributed by atoms with van der Waals surface area (Å²) in [5, 5.41) is 18.9. The minimum Gasteiger partial charge on any atom is -0.471 e. The number of carbonyl (C=O) groups is 1. The molecule has 0 bridgehead atoms. The van der Waals surface area contributed by atoms with Crippen LogP contribution in [-0.4, -0.2) is 54.2 Å². The smallest absolute Gasteiger partial charge is 0.341 e. The SMILES string of the molecule is O=C1OCC=C2CC(OC3CC(O)CC(CO)O3)OC=C12. The topological polar surface area (TPSA) is 94.5 Å². The van der Waals surface area contributed by atoms with E-state index >= 15 is 0 Å². The van der Waals surface area contributed by atoms with Crippen LogP contribution in [0.25, 0.3) is 0 Å². The summed E-state index contributed by atoms with van der Waals surface area (Å²) >= 11 is 0. The highest BCUT2D eigenvalue weighted by atomic mass is 16.8. The number of esters is 1. The van der Waals surface area contributed by atoms with E-state index in [0.29, 0.717) is 24.8 Å². The van der Waals surface area contributed by atoms with Gasteiger partial charge in [-0.05, 0) is 11.6 Å². The lowest BCUT2D eigenvalue weighted by atomic mass is 10.00. The second-order valence-electron chi connectivity index (χ2n) is 5.26. The van der Waals surface area contributed by atoms with Crippen molar-refractivity contribution >= 4 is 5.97 Å². The molecule has 4 atom stereocenters. The number of fused-ring (bicyclic) bond motifs is 1. The number of aliphatic hydroxyl groups excluding tert-OH is 2. The van der Waals surface area contributed by atoms with E-state index < -0.39 is 30.8 Å². The maximum absolute atomic E-state index is 11.5. The van der Waals surface area contributed by atoms with Crippen molar-refractivity contribution in [2.24, 2.45) is 0 Å². The van der Waals surface area contributed by atoms with E-state index in [1.807, 2.05) is 6.08 Å². The molecule has 7 nitrogen and oxygen atoms in total. The third kappa shape index (κ3) is 3.26. The highest BCUT2D eigenvalue weighted by Crippen LogP contribution is 2.30. The first-order chi connectivity index (χ1) is 10.2. The van der Waals surface area contributed by atoms with Crippen molar-refractivity contribution in [2.75, 3.05) is 13.2 Å². The van der Waals surface area contributed by atoms with Crippen LogP contribution in [0.3, 0.4) is 0 Å². The van der Waals surface area contributed by atoms with Crippen LogP contribution in [0.1, 0.15) is 19.3 Å². The number of hydrogen-bond donors (Lipinski definition) is 2. The summed E-state index contributed by atoms with van der Waals surface area (Å²) < 4.78 is 21.4. The molecule has 0 aromatic carbocycles. The number of cyclic esters (lactones) is 1. The fourth-order valence-corrected chi connectivity index (χ4v) is 2.63. The molecule has 0 aromatic rings. The maximum atomic E-state index is 11.5. The Hall–Kier alpha value is -1.41. The van der Waals surface area contributed by atoms with Gasteiger partial charge >= 0.3 is 5.97 Å². The molecule has 1 saturated heterocycles. The van der Waals surface area contributed by atoms with Gasteiger partial charge in [0.05, 0.1) is 24.4 Å². The molecule has 0 spiro atoms. The van der Waals surface area contributed by atoms with E-state index in [2.05, 4.69) is 0 Å². The van der Waals surface area contributed by atoms with Gasteiger partial charge in [0.2, 0.25) is 6.29 Å². The van der Waals surface area contributed by atoms with Crippen molar-refractivity contribution in [3.8, 4) is 0 Å². The zero-order valence-electron chi connectivity index (χ0n) is 11.4. The van der Waals surface area contributed by atoms with E-state index in [-0.39, 0.29) is 13.2 Å². The Kier molecular flexibility index (Phi) is 4.25. The summed E-state index contributed by atoms with van der Waals surface area (Å²) in [4.78, 5) is 11.5. The van der Waals surface area contributed by atoms with Gasteiger partial charge in [0.1, 0.15) is 12.9 Å². The number of aliphatic hydroxyl groups is 2. The maximum Gasteiger partial charge on any atom is 0.341 e. The third-order valence-electron chi connectivity index (χ3n) is 3.69. The average molecular weight is 298 g/mol. The highest BCUT2D eigenvalue weighted by Gasteiger charge is 2.34. The fraction of sp³-hybridized carbons (Fsp3) is 0.643. The predicted molar refractivity (Wildman–Crippen MR) is 68.7 cm³/mol. The minimum absolute atomic E-state index is 0.163. The second-order valence-corrected chi connectivity index (χ2v) is 5.26. The van der Waals surface area contributed by atoms with Crippen molar-refractivity contribution in [3.05, 3.63) is 23.5 Å². The summed E-state index contributed by atoms with van der Waals surface area (Å²) in [6.45, 7) is 0.0902. The molecular formula is C14H18O7. The van der Waals surface area contributed by atoms with Gasteiger partial charge in [0.25, 0.3) is 0 Å². The molecule has 3 heterocycles. The average Bonchev–Trinajstić information content (AvgIpc) is 2.46. The van der Waals surface area contributed by atoms with Crippen LogP contribution in [0.2, 0.25) is 0 Å².